The van der Waals surface area contributed by atoms with Crippen molar-refractivity contribution in [3.63, 3.8) is 0 Å². The zero-order valence-corrected chi connectivity index (χ0v) is 14.9. The van der Waals surface area contributed by atoms with Crippen LogP contribution < -0.4 is 4.90 Å². The minimum Gasteiger partial charge on any atom is -0.467 e. The summed E-state index contributed by atoms with van der Waals surface area (Å²) in [5.41, 5.74) is 1.75. The van der Waals surface area contributed by atoms with Crippen LogP contribution >= 0.6 is 24.0 Å². The van der Waals surface area contributed by atoms with Gasteiger partial charge in [-0.05, 0) is 13.0 Å². The number of para-hydroxylation sites is 1. The lowest BCUT2D eigenvalue weighted by molar-refractivity contribution is -0.147. The highest BCUT2D eigenvalue weighted by Crippen LogP contribution is 2.44. The fourth-order valence-corrected chi connectivity index (χ4v) is 4.22. The average Bonchev–Trinajstić information content (AvgIpc) is 3.00. The van der Waals surface area contributed by atoms with Gasteiger partial charge >= 0.3 is 5.97 Å². The SMILES string of the molecule is COC(=O)C(C)N1C(=O)C(=C2C(=O)N(C)c3ccccc32)SC1=S. The number of benzene rings is 1. The first-order chi connectivity index (χ1) is 11.4. The van der Waals surface area contributed by atoms with E-state index in [-0.39, 0.29) is 15.1 Å². The van der Waals surface area contributed by atoms with E-state index in [0.717, 1.165) is 17.4 Å². The van der Waals surface area contributed by atoms with Crippen molar-refractivity contribution in [3.8, 4) is 0 Å². The number of esters is 1. The Balaban J connectivity index is 2.09. The molecule has 2 aliphatic heterocycles. The Bertz CT molecular complexity index is 818. The van der Waals surface area contributed by atoms with Gasteiger partial charge in [0.15, 0.2) is 0 Å². The maximum atomic E-state index is 12.8. The van der Waals surface area contributed by atoms with Crippen molar-refractivity contribution < 1.29 is 19.1 Å². The Morgan fingerprint density at radius 2 is 1.92 bits per heavy atom. The van der Waals surface area contributed by atoms with Gasteiger partial charge in [0, 0.05) is 12.6 Å². The van der Waals surface area contributed by atoms with Crippen molar-refractivity contribution in [1.29, 1.82) is 0 Å². The number of ether oxygens (including phenoxy) is 1. The van der Waals surface area contributed by atoms with Crippen LogP contribution in [0, 0.1) is 0 Å². The molecule has 2 aliphatic rings. The van der Waals surface area contributed by atoms with Crippen LogP contribution in [-0.2, 0) is 19.1 Å². The molecule has 0 spiro atoms. The van der Waals surface area contributed by atoms with Gasteiger partial charge in [0.1, 0.15) is 10.4 Å². The second kappa shape index (κ2) is 6.03. The Hall–Kier alpha value is -2.19. The summed E-state index contributed by atoms with van der Waals surface area (Å²) >= 11 is 6.28. The van der Waals surface area contributed by atoms with E-state index in [0.29, 0.717) is 11.1 Å². The summed E-state index contributed by atoms with van der Waals surface area (Å²) in [5, 5.41) is 0. The first-order valence-corrected chi connectivity index (χ1v) is 8.36. The van der Waals surface area contributed by atoms with Crippen LogP contribution in [0.3, 0.4) is 0 Å². The number of anilines is 1. The van der Waals surface area contributed by atoms with Gasteiger partial charge in [0.2, 0.25) is 0 Å². The van der Waals surface area contributed by atoms with Gasteiger partial charge in [0.25, 0.3) is 11.8 Å². The Morgan fingerprint density at radius 1 is 1.25 bits per heavy atom. The molecule has 1 unspecified atom stereocenters. The van der Waals surface area contributed by atoms with Crippen molar-refractivity contribution in [3.05, 3.63) is 34.7 Å². The van der Waals surface area contributed by atoms with Crippen molar-refractivity contribution in [2.75, 3.05) is 19.1 Å². The zero-order chi connectivity index (χ0) is 17.6. The predicted molar refractivity (Wildman–Crippen MR) is 95.3 cm³/mol. The molecular formula is C16H14N2O4S2. The molecule has 3 rings (SSSR count). The Labute approximate surface area is 148 Å². The molecule has 0 bridgehead atoms. The summed E-state index contributed by atoms with van der Waals surface area (Å²) < 4.78 is 4.92. The van der Waals surface area contributed by atoms with Crippen LogP contribution in [0.5, 0.6) is 0 Å². The number of amides is 2. The average molecular weight is 362 g/mol. The van der Waals surface area contributed by atoms with Gasteiger partial charge in [-0.2, -0.15) is 0 Å². The summed E-state index contributed by atoms with van der Waals surface area (Å²) in [7, 11) is 2.91. The molecule has 2 amide bonds. The summed E-state index contributed by atoms with van der Waals surface area (Å²) in [4.78, 5) is 40.1. The highest BCUT2D eigenvalue weighted by molar-refractivity contribution is 8.26. The summed E-state index contributed by atoms with van der Waals surface area (Å²) in [5.74, 6) is -1.27. The predicted octanol–water partition coefficient (Wildman–Crippen LogP) is 1.80. The number of rotatable bonds is 2. The van der Waals surface area contributed by atoms with Gasteiger partial charge < -0.3 is 9.64 Å². The van der Waals surface area contributed by atoms with Gasteiger partial charge in [-0.15, -0.1) is 0 Å². The molecule has 8 heteroatoms. The number of thiocarbonyl (C=S) groups is 1. The van der Waals surface area contributed by atoms with E-state index in [4.69, 9.17) is 12.2 Å². The lowest BCUT2D eigenvalue weighted by Crippen LogP contribution is -2.42. The number of fused-ring (bicyclic) bond motifs is 1. The minimum atomic E-state index is -0.843. The molecule has 0 saturated carbocycles. The highest BCUT2D eigenvalue weighted by Gasteiger charge is 2.44. The van der Waals surface area contributed by atoms with E-state index in [9.17, 15) is 14.4 Å². The lowest BCUT2D eigenvalue weighted by Gasteiger charge is -2.20. The van der Waals surface area contributed by atoms with E-state index in [1.165, 1.54) is 16.9 Å². The number of hydrogen-bond acceptors (Lipinski definition) is 6. The molecule has 0 aliphatic carbocycles. The fourth-order valence-electron chi connectivity index (χ4n) is 2.73. The number of likely N-dealkylation sites (N-methyl/N-ethyl adjacent to an activating group) is 1. The number of carbonyl (C=O) groups excluding carboxylic acids is 3. The largest absolute Gasteiger partial charge is 0.467 e. The highest BCUT2D eigenvalue weighted by atomic mass is 32.2. The molecule has 1 fully saturated rings. The maximum absolute atomic E-state index is 12.8. The van der Waals surface area contributed by atoms with E-state index < -0.39 is 17.9 Å². The van der Waals surface area contributed by atoms with Crippen LogP contribution in [0.25, 0.3) is 5.57 Å². The molecule has 124 valence electrons. The van der Waals surface area contributed by atoms with Crippen molar-refractivity contribution >= 4 is 57.3 Å². The summed E-state index contributed by atoms with van der Waals surface area (Å²) in [6.45, 7) is 1.54. The molecule has 1 aromatic carbocycles. The normalized spacial score (nSPS) is 21.4. The number of methoxy groups -OCH3 is 1. The van der Waals surface area contributed by atoms with E-state index >= 15 is 0 Å². The second-order valence-corrected chi connectivity index (χ2v) is 6.97. The van der Waals surface area contributed by atoms with Gasteiger partial charge in [0.05, 0.1) is 23.3 Å². The van der Waals surface area contributed by atoms with E-state index in [1.54, 1.807) is 20.0 Å². The molecule has 0 aromatic heterocycles. The van der Waals surface area contributed by atoms with Crippen LogP contribution in [0.1, 0.15) is 12.5 Å². The third-order valence-electron chi connectivity index (χ3n) is 4.01. The molecule has 1 aromatic rings. The second-order valence-electron chi connectivity index (χ2n) is 5.33. The monoisotopic (exact) mass is 362 g/mol. The first-order valence-electron chi connectivity index (χ1n) is 7.13. The van der Waals surface area contributed by atoms with Gasteiger partial charge in [-0.25, -0.2) is 4.79 Å². The van der Waals surface area contributed by atoms with Crippen molar-refractivity contribution in [2.24, 2.45) is 0 Å². The number of thioether (sulfide) groups is 1. The van der Waals surface area contributed by atoms with Crippen molar-refractivity contribution in [1.82, 2.24) is 4.90 Å². The van der Waals surface area contributed by atoms with Crippen molar-refractivity contribution in [2.45, 2.75) is 13.0 Å². The zero-order valence-electron chi connectivity index (χ0n) is 13.2. The molecule has 2 heterocycles. The van der Waals surface area contributed by atoms with Crippen LogP contribution in [0.4, 0.5) is 5.69 Å². The quantitative estimate of drug-likeness (QED) is 0.454. The Kier molecular flexibility index (Phi) is 4.18. The molecule has 1 atom stereocenters. The standard InChI is InChI=1S/C16H14N2O4S2/c1-8(15(21)22-3)18-14(20)12(24-16(18)23)11-9-6-4-5-7-10(9)17(2)13(11)19/h4-8H,1-3H3. The van der Waals surface area contributed by atoms with Gasteiger partial charge in [-0.1, -0.05) is 42.2 Å². The van der Waals surface area contributed by atoms with Crippen LogP contribution in [-0.4, -0.2) is 47.2 Å². The lowest BCUT2D eigenvalue weighted by atomic mass is 10.1. The summed E-state index contributed by atoms with van der Waals surface area (Å²) in [6.07, 6.45) is 0. The number of hydrogen-bond donors (Lipinski definition) is 0. The third kappa shape index (κ3) is 2.33. The van der Waals surface area contributed by atoms with E-state index in [2.05, 4.69) is 4.74 Å². The maximum Gasteiger partial charge on any atom is 0.328 e. The molecular weight excluding hydrogens is 348 g/mol. The minimum absolute atomic E-state index is 0.236. The molecule has 1 saturated heterocycles. The van der Waals surface area contributed by atoms with E-state index in [1.807, 2.05) is 18.2 Å². The molecule has 0 radical (unpaired) electrons. The molecule has 0 N–H and O–H groups in total. The third-order valence-corrected chi connectivity index (χ3v) is 5.41. The number of nitrogens with zero attached hydrogens (tertiary/aromatic N) is 2. The topological polar surface area (TPSA) is 66.9 Å². The molecule has 6 nitrogen and oxygen atoms in total. The molecule has 24 heavy (non-hydrogen) atoms. The summed E-state index contributed by atoms with van der Waals surface area (Å²) in [6, 6.07) is 6.41. The van der Waals surface area contributed by atoms with Gasteiger partial charge in [-0.3, -0.25) is 14.5 Å². The van der Waals surface area contributed by atoms with Crippen LogP contribution in [0.15, 0.2) is 29.2 Å². The Morgan fingerprint density at radius 3 is 2.58 bits per heavy atom. The smallest absolute Gasteiger partial charge is 0.328 e. The number of carbonyl (C=O) groups is 3. The first kappa shape index (κ1) is 16.7. The van der Waals surface area contributed by atoms with Crippen LogP contribution in [0.2, 0.25) is 0 Å². The fraction of sp³-hybridized carbons (Fsp3) is 0.250.